The van der Waals surface area contributed by atoms with Crippen molar-refractivity contribution in [2.75, 3.05) is 6.54 Å². The zero-order valence-electron chi connectivity index (χ0n) is 9.29. The van der Waals surface area contributed by atoms with Gasteiger partial charge in [-0.05, 0) is 31.5 Å². The molecular formula is C12H13Cl2N3. The minimum atomic E-state index is 0.489. The van der Waals surface area contributed by atoms with Crippen LogP contribution >= 0.6 is 23.2 Å². The summed E-state index contributed by atoms with van der Waals surface area (Å²) in [4.78, 5) is 4.42. The molecule has 17 heavy (non-hydrogen) atoms. The lowest BCUT2D eigenvalue weighted by atomic mass is 10.1. The summed E-state index contributed by atoms with van der Waals surface area (Å²) >= 11 is 12.3. The van der Waals surface area contributed by atoms with Crippen LogP contribution < -0.4 is 5.32 Å². The molecule has 3 nitrogen and oxygen atoms in total. The Hall–Kier alpha value is -0.770. The van der Waals surface area contributed by atoms with Crippen LogP contribution in [0.3, 0.4) is 0 Å². The number of rotatable bonds is 2. The molecule has 0 bridgehead atoms. The fraction of sp³-hybridized carbons (Fsp3) is 0.417. The summed E-state index contributed by atoms with van der Waals surface area (Å²) in [6.45, 7) is 1.10. The van der Waals surface area contributed by atoms with Crippen molar-refractivity contribution in [3.8, 4) is 0 Å². The van der Waals surface area contributed by atoms with E-state index in [0.717, 1.165) is 24.3 Å². The second-order valence-corrected chi connectivity index (χ2v) is 5.16. The first-order valence-electron chi connectivity index (χ1n) is 5.80. The van der Waals surface area contributed by atoms with Gasteiger partial charge in [0.25, 0.3) is 0 Å². The van der Waals surface area contributed by atoms with Crippen LogP contribution in [0.5, 0.6) is 0 Å². The van der Waals surface area contributed by atoms with Crippen molar-refractivity contribution in [3.05, 3.63) is 34.3 Å². The number of nitrogens with zero attached hydrogens (tertiary/aromatic N) is 2. The Bertz CT molecular complexity index is 544. The van der Waals surface area contributed by atoms with Gasteiger partial charge in [-0.1, -0.05) is 23.2 Å². The second-order valence-electron chi connectivity index (χ2n) is 4.39. The Kier molecular flexibility index (Phi) is 2.99. The van der Waals surface area contributed by atoms with Gasteiger partial charge in [-0.15, -0.1) is 0 Å². The number of nitrogens with one attached hydrogen (secondary N) is 1. The molecule has 0 aromatic carbocycles. The molecule has 5 heteroatoms. The van der Waals surface area contributed by atoms with Crippen LogP contribution in [0.1, 0.15) is 18.7 Å². The molecule has 1 saturated heterocycles. The van der Waals surface area contributed by atoms with E-state index in [1.165, 1.54) is 12.8 Å². The number of halogens is 2. The Morgan fingerprint density at radius 1 is 1.47 bits per heavy atom. The lowest BCUT2D eigenvalue weighted by Gasteiger charge is -2.08. The first-order chi connectivity index (χ1) is 8.25. The van der Waals surface area contributed by atoms with E-state index in [2.05, 4.69) is 10.3 Å². The maximum atomic E-state index is 6.13. The third-order valence-corrected chi connectivity index (χ3v) is 3.81. The van der Waals surface area contributed by atoms with Crippen molar-refractivity contribution >= 4 is 28.7 Å². The molecule has 3 rings (SSSR count). The van der Waals surface area contributed by atoms with E-state index >= 15 is 0 Å². The van der Waals surface area contributed by atoms with Gasteiger partial charge in [0.2, 0.25) is 0 Å². The van der Waals surface area contributed by atoms with E-state index in [1.807, 2.05) is 22.7 Å². The maximum Gasteiger partial charge on any atom is 0.156 e. The van der Waals surface area contributed by atoms with Crippen LogP contribution in [0.25, 0.3) is 5.52 Å². The van der Waals surface area contributed by atoms with E-state index in [4.69, 9.17) is 23.2 Å². The molecule has 1 unspecified atom stereocenters. The number of pyridine rings is 1. The Balaban J connectivity index is 2.01. The Labute approximate surface area is 110 Å². The third kappa shape index (κ3) is 2.03. The van der Waals surface area contributed by atoms with E-state index in [0.29, 0.717) is 16.2 Å². The number of fused-ring (bicyclic) bond motifs is 1. The minimum absolute atomic E-state index is 0.489. The Morgan fingerprint density at radius 2 is 2.35 bits per heavy atom. The van der Waals surface area contributed by atoms with Crippen molar-refractivity contribution in [1.29, 1.82) is 0 Å². The normalized spacial score (nSPS) is 20.2. The molecule has 0 saturated carbocycles. The predicted molar refractivity (Wildman–Crippen MR) is 69.9 cm³/mol. The van der Waals surface area contributed by atoms with E-state index in [-0.39, 0.29) is 0 Å². The molecule has 2 aromatic rings. The smallest absolute Gasteiger partial charge is 0.156 e. The lowest BCUT2D eigenvalue weighted by molar-refractivity contribution is 0.584. The van der Waals surface area contributed by atoms with Crippen molar-refractivity contribution in [1.82, 2.24) is 14.7 Å². The molecule has 2 aromatic heterocycles. The molecule has 1 aliphatic heterocycles. The average molecular weight is 270 g/mol. The van der Waals surface area contributed by atoms with Crippen LogP contribution in [-0.4, -0.2) is 22.0 Å². The van der Waals surface area contributed by atoms with Gasteiger partial charge in [0.15, 0.2) is 5.15 Å². The lowest BCUT2D eigenvalue weighted by Crippen LogP contribution is -2.24. The largest absolute Gasteiger partial charge is 0.314 e. The summed E-state index contributed by atoms with van der Waals surface area (Å²) in [5.74, 6) is 0.979. The SMILES string of the molecule is Clc1cccn2c(CC3CCCN3)nc(Cl)c12. The maximum absolute atomic E-state index is 6.13. The quantitative estimate of drug-likeness (QED) is 0.909. The molecule has 0 spiro atoms. The van der Waals surface area contributed by atoms with Crippen LogP contribution in [-0.2, 0) is 6.42 Å². The van der Waals surface area contributed by atoms with Gasteiger partial charge in [0.05, 0.1) is 5.02 Å². The zero-order valence-corrected chi connectivity index (χ0v) is 10.8. The monoisotopic (exact) mass is 269 g/mol. The number of imidazole rings is 1. The van der Waals surface area contributed by atoms with Crippen molar-refractivity contribution in [2.24, 2.45) is 0 Å². The molecule has 1 atom stereocenters. The van der Waals surface area contributed by atoms with Crippen LogP contribution in [0.4, 0.5) is 0 Å². The molecule has 0 radical (unpaired) electrons. The zero-order chi connectivity index (χ0) is 11.8. The molecule has 90 valence electrons. The summed E-state index contributed by atoms with van der Waals surface area (Å²) in [7, 11) is 0. The standard InChI is InChI=1S/C12H13Cl2N3/c13-9-4-2-6-17-10(16-12(14)11(9)17)7-8-3-1-5-15-8/h2,4,6,8,15H,1,3,5,7H2. The highest BCUT2D eigenvalue weighted by Crippen LogP contribution is 2.26. The molecule has 0 amide bonds. The fourth-order valence-electron chi connectivity index (χ4n) is 2.41. The summed E-state index contributed by atoms with van der Waals surface area (Å²) in [5.41, 5.74) is 0.809. The summed E-state index contributed by atoms with van der Waals surface area (Å²) in [5, 5.41) is 4.60. The molecule has 1 fully saturated rings. The topological polar surface area (TPSA) is 29.3 Å². The van der Waals surface area contributed by atoms with Gasteiger partial charge in [-0.2, -0.15) is 0 Å². The molecule has 0 aliphatic carbocycles. The number of aromatic nitrogens is 2. The van der Waals surface area contributed by atoms with Gasteiger partial charge in [-0.25, -0.2) is 4.98 Å². The third-order valence-electron chi connectivity index (χ3n) is 3.24. The van der Waals surface area contributed by atoms with Gasteiger partial charge in [0, 0.05) is 18.7 Å². The van der Waals surface area contributed by atoms with Gasteiger partial charge in [-0.3, -0.25) is 0 Å². The first-order valence-corrected chi connectivity index (χ1v) is 6.55. The van der Waals surface area contributed by atoms with Gasteiger partial charge < -0.3 is 9.72 Å². The highest BCUT2D eigenvalue weighted by atomic mass is 35.5. The van der Waals surface area contributed by atoms with Crippen LogP contribution in [0.2, 0.25) is 10.2 Å². The molecule has 1 aliphatic rings. The van der Waals surface area contributed by atoms with Crippen molar-refractivity contribution in [3.63, 3.8) is 0 Å². The second kappa shape index (κ2) is 4.48. The molecule has 1 N–H and O–H groups in total. The molecule has 3 heterocycles. The Morgan fingerprint density at radius 3 is 3.12 bits per heavy atom. The summed E-state index contributed by atoms with van der Waals surface area (Å²) < 4.78 is 1.99. The van der Waals surface area contributed by atoms with Gasteiger partial charge in [0.1, 0.15) is 11.3 Å². The molecular weight excluding hydrogens is 257 g/mol. The van der Waals surface area contributed by atoms with Crippen molar-refractivity contribution in [2.45, 2.75) is 25.3 Å². The van der Waals surface area contributed by atoms with E-state index in [1.54, 1.807) is 0 Å². The summed E-state index contributed by atoms with van der Waals surface area (Å²) in [6, 6.07) is 4.26. The fourth-order valence-corrected chi connectivity index (χ4v) is 3.00. The predicted octanol–water partition coefficient (Wildman–Crippen LogP) is 2.94. The first kappa shape index (κ1) is 11.3. The highest BCUT2D eigenvalue weighted by molar-refractivity contribution is 6.39. The van der Waals surface area contributed by atoms with E-state index in [9.17, 15) is 0 Å². The van der Waals surface area contributed by atoms with Crippen LogP contribution in [0.15, 0.2) is 18.3 Å². The summed E-state index contributed by atoms with van der Waals surface area (Å²) in [6.07, 6.45) is 5.30. The number of hydrogen-bond donors (Lipinski definition) is 1. The highest BCUT2D eigenvalue weighted by Gasteiger charge is 2.19. The number of hydrogen-bond acceptors (Lipinski definition) is 2. The van der Waals surface area contributed by atoms with Crippen molar-refractivity contribution < 1.29 is 0 Å². The minimum Gasteiger partial charge on any atom is -0.314 e. The van der Waals surface area contributed by atoms with Gasteiger partial charge >= 0.3 is 0 Å². The van der Waals surface area contributed by atoms with E-state index < -0.39 is 0 Å². The average Bonchev–Trinajstić information content (AvgIpc) is 2.90. The van der Waals surface area contributed by atoms with Crippen LogP contribution in [0, 0.1) is 0 Å².